The number of piperidine rings is 1. The lowest BCUT2D eigenvalue weighted by atomic mass is 9.87. The first-order valence-corrected chi connectivity index (χ1v) is 14.0. The molecule has 0 spiro atoms. The quantitative estimate of drug-likeness (QED) is 0.613. The highest BCUT2D eigenvalue weighted by Crippen LogP contribution is 2.40. The molecule has 1 saturated carbocycles. The van der Waals surface area contributed by atoms with Crippen molar-refractivity contribution in [3.05, 3.63) is 53.1 Å². The van der Waals surface area contributed by atoms with Crippen LogP contribution in [0.25, 0.3) is 11.1 Å². The van der Waals surface area contributed by atoms with E-state index in [9.17, 15) is 8.42 Å². The number of aliphatic imine (C=N–C) groups is 1. The highest BCUT2D eigenvalue weighted by atomic mass is 32.2. The van der Waals surface area contributed by atoms with Crippen LogP contribution in [0.4, 0.5) is 4.39 Å². The van der Waals surface area contributed by atoms with Gasteiger partial charge in [-0.05, 0) is 66.9 Å². The van der Waals surface area contributed by atoms with Gasteiger partial charge in [-0.15, -0.1) is 5.11 Å². The van der Waals surface area contributed by atoms with Gasteiger partial charge in [0.15, 0.2) is 22.3 Å². The third-order valence-corrected chi connectivity index (χ3v) is 8.53. The Kier molecular flexibility index (Phi) is 6.37. The van der Waals surface area contributed by atoms with E-state index in [1.54, 1.807) is 6.07 Å². The van der Waals surface area contributed by atoms with Gasteiger partial charge in [0, 0.05) is 18.2 Å². The van der Waals surface area contributed by atoms with Gasteiger partial charge in [-0.2, -0.15) is 5.11 Å². The first-order chi connectivity index (χ1) is 16.3. The molecule has 1 saturated heterocycles. The van der Waals surface area contributed by atoms with E-state index in [1.165, 1.54) is 11.8 Å². The Bertz CT molecular complexity index is 1230. The van der Waals surface area contributed by atoms with Crippen molar-refractivity contribution >= 4 is 15.7 Å². The van der Waals surface area contributed by atoms with E-state index in [4.69, 9.17) is 0 Å². The molecule has 0 bridgehead atoms. The fourth-order valence-electron chi connectivity index (χ4n) is 5.63. The third kappa shape index (κ3) is 4.70. The van der Waals surface area contributed by atoms with Crippen molar-refractivity contribution in [1.29, 1.82) is 0 Å². The van der Waals surface area contributed by atoms with Gasteiger partial charge in [0.1, 0.15) is 5.67 Å². The maximum Gasteiger partial charge on any atom is 0.180 e. The van der Waals surface area contributed by atoms with Crippen LogP contribution in [0.1, 0.15) is 61.1 Å². The lowest BCUT2D eigenvalue weighted by Crippen LogP contribution is -2.26. The Morgan fingerprint density at radius 3 is 2.38 bits per heavy atom. The van der Waals surface area contributed by atoms with E-state index in [0.717, 1.165) is 49.9 Å². The molecule has 8 heteroatoms. The van der Waals surface area contributed by atoms with Gasteiger partial charge in [0.2, 0.25) is 0 Å². The minimum absolute atomic E-state index is 0.0851. The fourth-order valence-corrected chi connectivity index (χ4v) is 6.81. The minimum atomic E-state index is -3.68. The summed E-state index contributed by atoms with van der Waals surface area (Å²) in [5.74, 6) is 0.836. The monoisotopic (exact) mass is 482 g/mol. The SMILES string of the molecule is CS(=O)(=O)c1c(CC2(F)CCCC2)ccc(-c2ccc(C3CCNCC3)cc2)c1C1=NCN=N1. The highest BCUT2D eigenvalue weighted by Gasteiger charge is 2.36. The maximum absolute atomic E-state index is 15.4. The Morgan fingerprint density at radius 1 is 1.06 bits per heavy atom. The molecular formula is C26H31FN4O2S. The first kappa shape index (κ1) is 23.3. The van der Waals surface area contributed by atoms with Crippen molar-refractivity contribution in [3.63, 3.8) is 0 Å². The Hall–Kier alpha value is -2.45. The van der Waals surface area contributed by atoms with Crippen molar-refractivity contribution in [2.24, 2.45) is 15.2 Å². The van der Waals surface area contributed by atoms with E-state index >= 15 is 4.39 Å². The standard InChI is InChI=1S/C26H31FN4O2S/c1-34(32,33)24-21(16-26(27)12-2-3-13-26)8-9-22(23(24)25-29-17-30-31-25)20-6-4-18(5-7-20)19-10-14-28-15-11-19/h4-9,19,28H,2-3,10-17H2,1H3. The average molecular weight is 483 g/mol. The number of benzene rings is 2. The molecule has 2 aliphatic heterocycles. The molecule has 0 atom stereocenters. The zero-order chi connectivity index (χ0) is 23.8. The number of nitrogens with one attached hydrogen (secondary N) is 1. The molecule has 1 N–H and O–H groups in total. The Morgan fingerprint density at radius 2 is 1.76 bits per heavy atom. The highest BCUT2D eigenvalue weighted by molar-refractivity contribution is 7.90. The second-order valence-corrected chi connectivity index (χ2v) is 11.7. The van der Waals surface area contributed by atoms with E-state index in [0.29, 0.717) is 35.7 Å². The van der Waals surface area contributed by atoms with Crippen molar-refractivity contribution in [2.45, 2.75) is 61.4 Å². The summed E-state index contributed by atoms with van der Waals surface area (Å²) in [6.45, 7) is 2.22. The van der Waals surface area contributed by atoms with Crippen molar-refractivity contribution in [3.8, 4) is 11.1 Å². The topological polar surface area (TPSA) is 83.2 Å². The summed E-state index contributed by atoms with van der Waals surface area (Å²) >= 11 is 0. The van der Waals surface area contributed by atoms with Crippen LogP contribution < -0.4 is 5.32 Å². The summed E-state index contributed by atoms with van der Waals surface area (Å²) in [5, 5.41) is 11.5. The maximum atomic E-state index is 15.4. The predicted octanol–water partition coefficient (Wildman–Crippen LogP) is 5.22. The van der Waals surface area contributed by atoms with Gasteiger partial charge in [0.25, 0.3) is 0 Å². The number of hydrogen-bond donors (Lipinski definition) is 1. The number of azo groups is 1. The molecule has 3 aliphatic rings. The van der Waals surface area contributed by atoms with Crippen LogP contribution in [-0.4, -0.2) is 45.9 Å². The number of sulfone groups is 1. The molecule has 2 aromatic rings. The number of halogens is 1. The summed E-state index contributed by atoms with van der Waals surface area (Å²) in [6.07, 6.45) is 6.09. The summed E-state index contributed by atoms with van der Waals surface area (Å²) < 4.78 is 41.6. The molecule has 6 nitrogen and oxygen atoms in total. The molecule has 180 valence electrons. The molecule has 0 radical (unpaired) electrons. The molecular weight excluding hydrogens is 451 g/mol. The molecule has 2 heterocycles. The van der Waals surface area contributed by atoms with Crippen molar-refractivity contribution in [2.75, 3.05) is 26.0 Å². The zero-order valence-electron chi connectivity index (χ0n) is 19.6. The second-order valence-electron chi connectivity index (χ2n) is 9.79. The van der Waals surface area contributed by atoms with E-state index in [-0.39, 0.29) is 18.0 Å². The Balaban J connectivity index is 1.62. The number of alkyl halides is 1. The summed E-state index contributed by atoms with van der Waals surface area (Å²) in [6, 6.07) is 12.0. The molecule has 2 fully saturated rings. The van der Waals surface area contributed by atoms with Crippen LogP contribution in [0.5, 0.6) is 0 Å². The van der Waals surface area contributed by atoms with Crippen LogP contribution in [0.15, 0.2) is 56.5 Å². The summed E-state index contributed by atoms with van der Waals surface area (Å²) in [7, 11) is -3.68. The van der Waals surface area contributed by atoms with Crippen LogP contribution in [0.2, 0.25) is 0 Å². The van der Waals surface area contributed by atoms with Crippen LogP contribution in [-0.2, 0) is 16.3 Å². The van der Waals surface area contributed by atoms with Gasteiger partial charge in [0.05, 0.1) is 4.90 Å². The molecule has 34 heavy (non-hydrogen) atoms. The van der Waals surface area contributed by atoms with Crippen molar-refractivity contribution < 1.29 is 12.8 Å². The zero-order valence-corrected chi connectivity index (χ0v) is 20.4. The Labute approximate surface area is 200 Å². The van der Waals surface area contributed by atoms with Gasteiger partial charge in [-0.1, -0.05) is 49.2 Å². The van der Waals surface area contributed by atoms with Gasteiger partial charge in [-0.3, -0.25) is 0 Å². The largest absolute Gasteiger partial charge is 0.317 e. The summed E-state index contributed by atoms with van der Waals surface area (Å²) in [5.41, 5.74) is 2.50. The molecule has 5 rings (SSSR count). The van der Waals surface area contributed by atoms with Gasteiger partial charge in [-0.25, -0.2) is 17.8 Å². The number of amidine groups is 1. The van der Waals surface area contributed by atoms with Crippen LogP contribution in [0, 0.1) is 0 Å². The smallest absolute Gasteiger partial charge is 0.180 e. The number of rotatable bonds is 6. The third-order valence-electron chi connectivity index (χ3n) is 7.32. The minimum Gasteiger partial charge on any atom is -0.317 e. The van der Waals surface area contributed by atoms with Gasteiger partial charge < -0.3 is 5.32 Å². The van der Waals surface area contributed by atoms with Crippen LogP contribution >= 0.6 is 0 Å². The van der Waals surface area contributed by atoms with Gasteiger partial charge >= 0.3 is 0 Å². The molecule has 0 aromatic heterocycles. The normalized spacial score (nSPS) is 20.6. The first-order valence-electron chi connectivity index (χ1n) is 12.1. The van der Waals surface area contributed by atoms with Crippen LogP contribution in [0.3, 0.4) is 0 Å². The molecule has 2 aromatic carbocycles. The molecule has 0 unspecified atom stereocenters. The number of hydrogen-bond acceptors (Lipinski definition) is 6. The van der Waals surface area contributed by atoms with Crippen molar-refractivity contribution in [1.82, 2.24) is 5.32 Å². The summed E-state index contributed by atoms with van der Waals surface area (Å²) in [4.78, 5) is 4.50. The fraction of sp³-hybridized carbons (Fsp3) is 0.500. The lowest BCUT2D eigenvalue weighted by molar-refractivity contribution is 0.172. The molecule has 0 amide bonds. The molecule has 1 aliphatic carbocycles. The van der Waals surface area contributed by atoms with E-state index in [2.05, 4.69) is 32.7 Å². The average Bonchev–Trinajstić information content (AvgIpc) is 3.51. The van der Waals surface area contributed by atoms with E-state index < -0.39 is 15.5 Å². The van der Waals surface area contributed by atoms with E-state index in [1.807, 2.05) is 18.2 Å². The predicted molar refractivity (Wildman–Crippen MR) is 132 cm³/mol. The lowest BCUT2D eigenvalue weighted by Gasteiger charge is -2.24. The second kappa shape index (κ2) is 9.30. The number of nitrogens with zero attached hydrogens (tertiary/aromatic N) is 3.